The Hall–Kier alpha value is -3.07. The molecule has 134 valence electrons. The molecule has 0 N–H and O–H groups in total. The van der Waals surface area contributed by atoms with Gasteiger partial charge in [-0.25, -0.2) is 0 Å². The zero-order chi connectivity index (χ0) is 18.8. The summed E-state index contributed by atoms with van der Waals surface area (Å²) in [7, 11) is 0. The molecular weight excluding hydrogens is 330 g/mol. The first-order chi connectivity index (χ1) is 12.4. The molecular formula is C20H21N3O3. The van der Waals surface area contributed by atoms with Gasteiger partial charge in [0.15, 0.2) is 5.78 Å². The van der Waals surface area contributed by atoms with E-state index in [1.807, 2.05) is 6.92 Å². The van der Waals surface area contributed by atoms with Crippen molar-refractivity contribution in [3.8, 4) is 6.07 Å². The van der Waals surface area contributed by atoms with Crippen molar-refractivity contribution < 1.29 is 14.0 Å². The van der Waals surface area contributed by atoms with Crippen LogP contribution in [0.2, 0.25) is 0 Å². The average Bonchev–Trinajstić information content (AvgIpc) is 2.98. The molecule has 1 amide bonds. The molecule has 3 rings (SSSR count). The van der Waals surface area contributed by atoms with Crippen molar-refractivity contribution in [1.82, 2.24) is 4.90 Å². The van der Waals surface area contributed by atoms with Gasteiger partial charge in [0.2, 0.25) is 0 Å². The number of rotatable bonds is 3. The Morgan fingerprint density at radius 1 is 1.12 bits per heavy atom. The standard InChI is InChI=1S/C20H21N3O3/c1-13-10-18(15(3)26-13)20(25)23-8-6-22(7-9-23)19-11-16(14(2)24)4-5-17(19)12-21/h4-5,10-11H,6-9H2,1-3H3. The summed E-state index contributed by atoms with van der Waals surface area (Å²) in [5.74, 6) is 1.30. The van der Waals surface area contributed by atoms with E-state index in [9.17, 15) is 14.9 Å². The second-order valence-electron chi connectivity index (χ2n) is 6.51. The van der Waals surface area contributed by atoms with E-state index in [1.54, 1.807) is 36.1 Å². The highest BCUT2D eigenvalue weighted by Crippen LogP contribution is 2.24. The molecule has 0 spiro atoms. The molecule has 1 saturated heterocycles. The van der Waals surface area contributed by atoms with Crippen molar-refractivity contribution in [3.63, 3.8) is 0 Å². The van der Waals surface area contributed by atoms with Crippen molar-refractivity contribution in [3.05, 3.63) is 52.5 Å². The number of hydrogen-bond donors (Lipinski definition) is 0. The minimum Gasteiger partial charge on any atom is -0.466 e. The summed E-state index contributed by atoms with van der Waals surface area (Å²) in [6.45, 7) is 7.46. The highest BCUT2D eigenvalue weighted by Gasteiger charge is 2.26. The Morgan fingerprint density at radius 3 is 2.35 bits per heavy atom. The van der Waals surface area contributed by atoms with E-state index in [4.69, 9.17) is 4.42 Å². The van der Waals surface area contributed by atoms with Gasteiger partial charge in [0.05, 0.1) is 16.8 Å². The molecule has 1 fully saturated rings. The normalized spacial score (nSPS) is 14.2. The van der Waals surface area contributed by atoms with Crippen LogP contribution >= 0.6 is 0 Å². The van der Waals surface area contributed by atoms with Crippen LogP contribution in [-0.2, 0) is 0 Å². The topological polar surface area (TPSA) is 77.5 Å². The molecule has 1 aromatic heterocycles. The van der Waals surface area contributed by atoms with Gasteiger partial charge in [0, 0.05) is 31.7 Å². The summed E-state index contributed by atoms with van der Waals surface area (Å²) >= 11 is 0. The molecule has 0 radical (unpaired) electrons. The maximum absolute atomic E-state index is 12.7. The van der Waals surface area contributed by atoms with Gasteiger partial charge >= 0.3 is 0 Å². The predicted molar refractivity (Wildman–Crippen MR) is 97.5 cm³/mol. The van der Waals surface area contributed by atoms with Gasteiger partial charge in [0.1, 0.15) is 17.6 Å². The van der Waals surface area contributed by atoms with Crippen LogP contribution in [0.15, 0.2) is 28.7 Å². The minimum atomic E-state index is -0.0321. The Morgan fingerprint density at radius 2 is 1.81 bits per heavy atom. The monoisotopic (exact) mass is 351 g/mol. The number of carbonyl (C=O) groups excluding carboxylic acids is 2. The lowest BCUT2D eigenvalue weighted by Gasteiger charge is -2.36. The van der Waals surface area contributed by atoms with Crippen LogP contribution in [0.1, 0.15) is 44.7 Å². The molecule has 0 atom stereocenters. The second-order valence-corrected chi connectivity index (χ2v) is 6.51. The molecule has 0 unspecified atom stereocenters. The summed E-state index contributed by atoms with van der Waals surface area (Å²) in [6.07, 6.45) is 0. The highest BCUT2D eigenvalue weighted by molar-refractivity contribution is 5.96. The second kappa shape index (κ2) is 7.04. The van der Waals surface area contributed by atoms with E-state index in [1.165, 1.54) is 6.92 Å². The molecule has 1 aliphatic heterocycles. The summed E-state index contributed by atoms with van der Waals surface area (Å²) < 4.78 is 5.46. The highest BCUT2D eigenvalue weighted by atomic mass is 16.3. The third-order valence-electron chi connectivity index (χ3n) is 4.70. The van der Waals surface area contributed by atoms with E-state index in [0.29, 0.717) is 48.6 Å². The van der Waals surface area contributed by atoms with E-state index >= 15 is 0 Å². The third-order valence-corrected chi connectivity index (χ3v) is 4.70. The van der Waals surface area contributed by atoms with Gasteiger partial charge in [-0.15, -0.1) is 0 Å². The van der Waals surface area contributed by atoms with Crippen LogP contribution in [0.4, 0.5) is 5.69 Å². The Balaban J connectivity index is 1.76. The lowest BCUT2D eigenvalue weighted by Crippen LogP contribution is -2.49. The average molecular weight is 351 g/mol. The smallest absolute Gasteiger partial charge is 0.257 e. The molecule has 6 heteroatoms. The molecule has 26 heavy (non-hydrogen) atoms. The molecule has 1 aliphatic rings. The summed E-state index contributed by atoms with van der Waals surface area (Å²) in [4.78, 5) is 28.2. The number of Topliss-reactive ketones (excluding diaryl/α,β-unsaturated/α-hetero) is 1. The third kappa shape index (κ3) is 3.33. The van der Waals surface area contributed by atoms with Crippen molar-refractivity contribution >= 4 is 17.4 Å². The van der Waals surface area contributed by atoms with Gasteiger partial charge in [-0.2, -0.15) is 5.26 Å². The maximum atomic E-state index is 12.7. The van der Waals surface area contributed by atoms with Crippen LogP contribution in [0.5, 0.6) is 0 Å². The molecule has 2 aromatic rings. The quantitative estimate of drug-likeness (QED) is 0.795. The Kier molecular flexibility index (Phi) is 4.81. The number of furan rings is 1. The van der Waals surface area contributed by atoms with Crippen molar-refractivity contribution in [2.24, 2.45) is 0 Å². The van der Waals surface area contributed by atoms with E-state index < -0.39 is 0 Å². The van der Waals surface area contributed by atoms with Gasteiger partial charge in [-0.1, -0.05) is 0 Å². The van der Waals surface area contributed by atoms with Crippen LogP contribution in [0, 0.1) is 25.2 Å². The number of anilines is 1. The zero-order valence-electron chi connectivity index (χ0n) is 15.2. The zero-order valence-corrected chi connectivity index (χ0v) is 15.2. The van der Waals surface area contributed by atoms with Crippen LogP contribution in [0.25, 0.3) is 0 Å². The number of carbonyl (C=O) groups is 2. The van der Waals surface area contributed by atoms with Crippen LogP contribution in [0.3, 0.4) is 0 Å². The van der Waals surface area contributed by atoms with Crippen molar-refractivity contribution in [2.75, 3.05) is 31.1 Å². The summed E-state index contributed by atoms with van der Waals surface area (Å²) in [5.41, 5.74) is 2.48. The summed E-state index contributed by atoms with van der Waals surface area (Å²) in [6, 6.07) is 9.08. The molecule has 1 aromatic carbocycles. The molecule has 2 heterocycles. The number of nitrogens with zero attached hydrogens (tertiary/aromatic N) is 3. The fourth-order valence-electron chi connectivity index (χ4n) is 3.27. The first-order valence-electron chi connectivity index (χ1n) is 8.57. The molecule has 0 aliphatic carbocycles. The molecule has 6 nitrogen and oxygen atoms in total. The fourth-order valence-corrected chi connectivity index (χ4v) is 3.27. The van der Waals surface area contributed by atoms with E-state index in [2.05, 4.69) is 11.0 Å². The minimum absolute atomic E-state index is 0.0306. The van der Waals surface area contributed by atoms with Crippen molar-refractivity contribution in [2.45, 2.75) is 20.8 Å². The van der Waals surface area contributed by atoms with Gasteiger partial charge < -0.3 is 14.2 Å². The number of ketones is 1. The number of nitriles is 1. The van der Waals surface area contributed by atoms with Gasteiger partial charge in [0.25, 0.3) is 5.91 Å². The lowest BCUT2D eigenvalue weighted by atomic mass is 10.1. The largest absolute Gasteiger partial charge is 0.466 e. The Bertz CT molecular complexity index is 900. The fraction of sp³-hybridized carbons (Fsp3) is 0.350. The first kappa shape index (κ1) is 17.7. The van der Waals surface area contributed by atoms with Gasteiger partial charge in [-0.3, -0.25) is 9.59 Å². The summed E-state index contributed by atoms with van der Waals surface area (Å²) in [5, 5.41) is 9.36. The maximum Gasteiger partial charge on any atom is 0.257 e. The number of hydrogen-bond acceptors (Lipinski definition) is 5. The van der Waals surface area contributed by atoms with Gasteiger partial charge in [-0.05, 0) is 45.0 Å². The van der Waals surface area contributed by atoms with Crippen molar-refractivity contribution in [1.29, 1.82) is 5.26 Å². The first-order valence-corrected chi connectivity index (χ1v) is 8.57. The number of aryl methyl sites for hydroxylation is 2. The lowest BCUT2D eigenvalue weighted by molar-refractivity contribution is 0.0745. The van der Waals surface area contributed by atoms with Crippen LogP contribution < -0.4 is 4.90 Å². The number of benzene rings is 1. The van der Waals surface area contributed by atoms with E-state index in [-0.39, 0.29) is 11.7 Å². The number of amides is 1. The van der Waals surface area contributed by atoms with Crippen LogP contribution in [-0.4, -0.2) is 42.8 Å². The SMILES string of the molecule is CC(=O)c1ccc(C#N)c(N2CCN(C(=O)c3cc(C)oc3C)CC2)c1. The van der Waals surface area contributed by atoms with E-state index in [0.717, 1.165) is 11.4 Å². The molecule has 0 bridgehead atoms. The Labute approximate surface area is 152 Å². The molecule has 0 saturated carbocycles. The number of piperazine rings is 1. The predicted octanol–water partition coefficient (Wildman–Crippen LogP) is 2.93.